The van der Waals surface area contributed by atoms with Gasteiger partial charge in [-0.2, -0.15) is 0 Å². The van der Waals surface area contributed by atoms with Crippen molar-refractivity contribution in [3.05, 3.63) is 52.8 Å². The van der Waals surface area contributed by atoms with Crippen molar-refractivity contribution >= 4 is 23.3 Å². The van der Waals surface area contributed by atoms with Crippen molar-refractivity contribution in [2.24, 2.45) is 11.3 Å². The summed E-state index contributed by atoms with van der Waals surface area (Å²) >= 11 is 0. The first kappa shape index (κ1) is 22.3. The molecule has 4 rings (SSSR count). The van der Waals surface area contributed by atoms with Crippen LogP contribution in [0.25, 0.3) is 0 Å². The molecular formula is C26H33N3O3. The Morgan fingerprint density at radius 2 is 1.88 bits per heavy atom. The number of aromatic nitrogens is 1. The van der Waals surface area contributed by atoms with E-state index in [0.29, 0.717) is 41.3 Å². The smallest absolute Gasteiger partial charge is 0.268 e. The van der Waals surface area contributed by atoms with Gasteiger partial charge in [0, 0.05) is 23.4 Å². The number of carbonyl (C=O) groups is 3. The SMILES string of the molecule is Cc1c(C(=O)NC(CCC2CCC2)C(=O)Nc2ccccc2)[nH]c2c1C(=O)CC(C)(C)C2. The van der Waals surface area contributed by atoms with Gasteiger partial charge >= 0.3 is 0 Å². The number of amides is 2. The summed E-state index contributed by atoms with van der Waals surface area (Å²) in [5.74, 6) is 0.171. The summed E-state index contributed by atoms with van der Waals surface area (Å²) in [6, 6.07) is 8.66. The lowest BCUT2D eigenvalue weighted by molar-refractivity contribution is -0.118. The van der Waals surface area contributed by atoms with Gasteiger partial charge in [0.05, 0.1) is 0 Å². The van der Waals surface area contributed by atoms with Crippen LogP contribution in [-0.4, -0.2) is 28.6 Å². The van der Waals surface area contributed by atoms with E-state index in [4.69, 9.17) is 0 Å². The lowest BCUT2D eigenvalue weighted by Gasteiger charge is -2.28. The van der Waals surface area contributed by atoms with Gasteiger partial charge in [0.2, 0.25) is 5.91 Å². The molecule has 2 aromatic rings. The molecule has 2 aliphatic carbocycles. The molecule has 1 fully saturated rings. The molecule has 0 bridgehead atoms. The molecule has 0 spiro atoms. The summed E-state index contributed by atoms with van der Waals surface area (Å²) in [5.41, 5.74) is 3.12. The van der Waals surface area contributed by atoms with E-state index in [9.17, 15) is 14.4 Å². The standard InChI is InChI=1S/C26H33N3O3/c1-16-22-20(14-26(2,3)15-21(22)30)28-23(16)25(32)29-19(13-12-17-8-7-9-17)24(31)27-18-10-5-4-6-11-18/h4-6,10-11,17,19,28H,7-9,12-15H2,1-3H3,(H,27,31)(H,29,32). The van der Waals surface area contributed by atoms with E-state index in [-0.39, 0.29) is 23.0 Å². The molecular weight excluding hydrogens is 402 g/mol. The number of nitrogens with one attached hydrogen (secondary N) is 3. The van der Waals surface area contributed by atoms with E-state index in [1.54, 1.807) is 0 Å². The predicted molar refractivity (Wildman–Crippen MR) is 125 cm³/mol. The second kappa shape index (κ2) is 8.93. The molecule has 1 aromatic heterocycles. The maximum absolute atomic E-state index is 13.2. The first-order valence-corrected chi connectivity index (χ1v) is 11.6. The second-order valence-corrected chi connectivity index (χ2v) is 10.2. The Balaban J connectivity index is 1.51. The number of carbonyl (C=O) groups excluding carboxylic acids is 3. The predicted octanol–water partition coefficient (Wildman–Crippen LogP) is 4.80. The van der Waals surface area contributed by atoms with Crippen molar-refractivity contribution < 1.29 is 14.4 Å². The zero-order valence-corrected chi connectivity index (χ0v) is 19.2. The van der Waals surface area contributed by atoms with Crippen molar-refractivity contribution in [1.82, 2.24) is 10.3 Å². The molecule has 170 valence electrons. The summed E-state index contributed by atoms with van der Waals surface area (Å²) in [4.78, 5) is 42.1. The monoisotopic (exact) mass is 435 g/mol. The zero-order chi connectivity index (χ0) is 22.9. The molecule has 1 unspecified atom stereocenters. The van der Waals surface area contributed by atoms with Crippen LogP contribution in [0.4, 0.5) is 5.69 Å². The number of aromatic amines is 1. The lowest BCUT2D eigenvalue weighted by atomic mass is 9.75. The van der Waals surface area contributed by atoms with Crippen LogP contribution < -0.4 is 10.6 Å². The molecule has 0 aliphatic heterocycles. The minimum Gasteiger partial charge on any atom is -0.354 e. The van der Waals surface area contributed by atoms with E-state index < -0.39 is 6.04 Å². The van der Waals surface area contributed by atoms with Crippen LogP contribution in [0.5, 0.6) is 0 Å². The molecule has 32 heavy (non-hydrogen) atoms. The summed E-state index contributed by atoms with van der Waals surface area (Å²) in [5, 5.41) is 5.87. The molecule has 2 amide bonds. The normalized spacial score (nSPS) is 18.4. The Kier molecular flexibility index (Phi) is 6.22. The summed E-state index contributed by atoms with van der Waals surface area (Å²) in [6.45, 7) is 5.94. The molecule has 0 saturated heterocycles. The Morgan fingerprint density at radius 1 is 1.16 bits per heavy atom. The van der Waals surface area contributed by atoms with Gasteiger partial charge in [-0.3, -0.25) is 14.4 Å². The highest BCUT2D eigenvalue weighted by Crippen LogP contribution is 2.37. The summed E-state index contributed by atoms with van der Waals surface area (Å²) < 4.78 is 0. The van der Waals surface area contributed by atoms with Gasteiger partial charge in [-0.25, -0.2) is 0 Å². The molecule has 6 heteroatoms. The largest absolute Gasteiger partial charge is 0.354 e. The number of H-pyrrole nitrogens is 1. The third-order valence-electron chi connectivity index (χ3n) is 6.88. The summed E-state index contributed by atoms with van der Waals surface area (Å²) in [6.07, 6.45) is 6.35. The van der Waals surface area contributed by atoms with E-state index in [1.807, 2.05) is 37.3 Å². The highest BCUT2D eigenvalue weighted by molar-refractivity contribution is 6.06. The zero-order valence-electron chi connectivity index (χ0n) is 19.2. The Hall–Kier alpha value is -2.89. The Labute approximate surface area is 189 Å². The average molecular weight is 436 g/mol. The number of hydrogen-bond acceptors (Lipinski definition) is 3. The molecule has 1 saturated carbocycles. The van der Waals surface area contributed by atoms with Gasteiger partial charge in [-0.15, -0.1) is 0 Å². The van der Waals surface area contributed by atoms with Gasteiger partial charge < -0.3 is 15.6 Å². The number of benzene rings is 1. The molecule has 0 radical (unpaired) electrons. The van der Waals surface area contributed by atoms with Crippen LogP contribution in [0.3, 0.4) is 0 Å². The highest BCUT2D eigenvalue weighted by Gasteiger charge is 2.36. The van der Waals surface area contributed by atoms with E-state index in [0.717, 1.165) is 18.5 Å². The molecule has 1 atom stereocenters. The van der Waals surface area contributed by atoms with Crippen molar-refractivity contribution in [2.75, 3.05) is 5.32 Å². The van der Waals surface area contributed by atoms with Crippen LogP contribution in [0.15, 0.2) is 30.3 Å². The minimum absolute atomic E-state index is 0.0763. The van der Waals surface area contributed by atoms with Gasteiger partial charge in [-0.05, 0) is 55.2 Å². The Morgan fingerprint density at radius 3 is 2.53 bits per heavy atom. The number of para-hydroxylation sites is 1. The van der Waals surface area contributed by atoms with E-state index >= 15 is 0 Å². The van der Waals surface area contributed by atoms with Crippen molar-refractivity contribution in [3.63, 3.8) is 0 Å². The third kappa shape index (κ3) is 4.79. The fraction of sp³-hybridized carbons (Fsp3) is 0.500. The topological polar surface area (TPSA) is 91.1 Å². The fourth-order valence-electron chi connectivity index (χ4n) is 4.89. The minimum atomic E-state index is -0.629. The van der Waals surface area contributed by atoms with Gasteiger partial charge in [0.1, 0.15) is 11.7 Å². The van der Waals surface area contributed by atoms with Crippen molar-refractivity contribution in [2.45, 2.75) is 71.8 Å². The van der Waals surface area contributed by atoms with E-state index in [2.05, 4.69) is 29.5 Å². The quantitative estimate of drug-likeness (QED) is 0.584. The lowest BCUT2D eigenvalue weighted by Crippen LogP contribution is -2.44. The summed E-state index contributed by atoms with van der Waals surface area (Å²) in [7, 11) is 0. The van der Waals surface area contributed by atoms with E-state index in [1.165, 1.54) is 19.3 Å². The first-order valence-electron chi connectivity index (χ1n) is 11.6. The number of Topliss-reactive ketones (excluding diaryl/α,β-unsaturated/α-hetero) is 1. The molecule has 6 nitrogen and oxygen atoms in total. The number of rotatable bonds is 7. The number of ketones is 1. The maximum Gasteiger partial charge on any atom is 0.268 e. The van der Waals surface area contributed by atoms with Crippen LogP contribution >= 0.6 is 0 Å². The van der Waals surface area contributed by atoms with Gasteiger partial charge in [-0.1, -0.05) is 51.3 Å². The highest BCUT2D eigenvalue weighted by atomic mass is 16.2. The second-order valence-electron chi connectivity index (χ2n) is 10.2. The van der Waals surface area contributed by atoms with Crippen LogP contribution in [0, 0.1) is 18.3 Å². The first-order chi connectivity index (χ1) is 15.2. The van der Waals surface area contributed by atoms with Crippen molar-refractivity contribution in [3.8, 4) is 0 Å². The number of anilines is 1. The van der Waals surface area contributed by atoms with Gasteiger partial charge in [0.15, 0.2) is 5.78 Å². The maximum atomic E-state index is 13.2. The molecule has 1 heterocycles. The van der Waals surface area contributed by atoms with Crippen LogP contribution in [0.2, 0.25) is 0 Å². The number of hydrogen-bond donors (Lipinski definition) is 3. The average Bonchev–Trinajstić information content (AvgIpc) is 3.01. The van der Waals surface area contributed by atoms with Crippen molar-refractivity contribution in [1.29, 1.82) is 0 Å². The third-order valence-corrected chi connectivity index (χ3v) is 6.88. The molecule has 3 N–H and O–H groups in total. The van der Waals surface area contributed by atoms with Gasteiger partial charge in [0.25, 0.3) is 5.91 Å². The van der Waals surface area contributed by atoms with Crippen LogP contribution in [0.1, 0.15) is 84.5 Å². The Bertz CT molecular complexity index is 1020. The molecule has 1 aromatic carbocycles. The molecule has 2 aliphatic rings. The van der Waals surface area contributed by atoms with Crippen LogP contribution in [-0.2, 0) is 11.2 Å². The number of fused-ring (bicyclic) bond motifs is 1. The fourth-order valence-corrected chi connectivity index (χ4v) is 4.89.